The van der Waals surface area contributed by atoms with Crippen molar-refractivity contribution in [3.05, 3.63) is 0 Å². The molecule has 1 saturated heterocycles. The van der Waals surface area contributed by atoms with Crippen molar-refractivity contribution in [2.45, 2.75) is 96.1 Å². The van der Waals surface area contributed by atoms with Crippen molar-refractivity contribution in [2.24, 2.45) is 29.1 Å². The van der Waals surface area contributed by atoms with E-state index in [4.69, 9.17) is 0 Å². The Balaban J connectivity index is 1.21. The summed E-state index contributed by atoms with van der Waals surface area (Å²) in [6.45, 7) is 4.17. The summed E-state index contributed by atoms with van der Waals surface area (Å²) in [7, 11) is 0. The van der Waals surface area contributed by atoms with Gasteiger partial charge in [-0.1, -0.05) is 13.3 Å². The summed E-state index contributed by atoms with van der Waals surface area (Å²) in [5.74, 6) is 2.75. The van der Waals surface area contributed by atoms with Crippen LogP contribution in [0.25, 0.3) is 0 Å². The number of imide groups is 1. The van der Waals surface area contributed by atoms with Crippen molar-refractivity contribution < 1.29 is 14.4 Å². The third kappa shape index (κ3) is 3.25. The summed E-state index contributed by atoms with van der Waals surface area (Å²) in [6.07, 6.45) is 12.2. The Kier molecular flexibility index (Phi) is 4.90. The topological polar surface area (TPSA) is 78.5 Å². The fourth-order valence-electron chi connectivity index (χ4n) is 8.03. The minimum Gasteiger partial charge on any atom is -0.352 e. The Morgan fingerprint density at radius 1 is 1.10 bits per heavy atom. The van der Waals surface area contributed by atoms with Gasteiger partial charge in [0.25, 0.3) is 5.91 Å². The van der Waals surface area contributed by atoms with E-state index in [1.807, 2.05) is 0 Å². The minimum atomic E-state index is -0.769. The van der Waals surface area contributed by atoms with E-state index in [0.29, 0.717) is 18.8 Å². The van der Waals surface area contributed by atoms with Crippen molar-refractivity contribution in [3.8, 4) is 0 Å². The van der Waals surface area contributed by atoms with Crippen molar-refractivity contribution in [3.63, 3.8) is 0 Å². The number of amides is 4. The highest BCUT2D eigenvalue weighted by atomic mass is 16.2. The lowest BCUT2D eigenvalue weighted by Crippen LogP contribution is -2.57. The van der Waals surface area contributed by atoms with E-state index in [1.54, 1.807) is 0 Å². The minimum absolute atomic E-state index is 0.105. The number of nitrogens with zero attached hydrogens (tertiary/aromatic N) is 1. The first kappa shape index (κ1) is 20.3. The van der Waals surface area contributed by atoms with Crippen LogP contribution in [-0.2, 0) is 9.59 Å². The SMILES string of the molecule is CCC1CCC2(CC1)NC(=O)N(CC(=O)N[C@@H](C)C13CC4CC(CC(C4)C1)C3)C2=O. The van der Waals surface area contributed by atoms with Crippen molar-refractivity contribution >= 4 is 17.8 Å². The van der Waals surface area contributed by atoms with Crippen LogP contribution in [0.1, 0.15) is 84.5 Å². The van der Waals surface area contributed by atoms with Gasteiger partial charge >= 0.3 is 6.03 Å². The van der Waals surface area contributed by atoms with Crippen LogP contribution in [0.2, 0.25) is 0 Å². The van der Waals surface area contributed by atoms with Gasteiger partial charge in [-0.25, -0.2) is 4.79 Å². The first-order valence-electron chi connectivity index (χ1n) is 12.3. The maximum absolute atomic E-state index is 13.1. The average Bonchev–Trinajstić information content (AvgIpc) is 2.91. The summed E-state index contributed by atoms with van der Waals surface area (Å²) < 4.78 is 0. The lowest BCUT2D eigenvalue weighted by molar-refractivity contribution is -0.137. The Morgan fingerprint density at radius 3 is 2.20 bits per heavy atom. The molecule has 0 aromatic carbocycles. The van der Waals surface area contributed by atoms with E-state index in [0.717, 1.165) is 41.9 Å². The number of carbonyl (C=O) groups is 3. The molecule has 2 N–H and O–H groups in total. The van der Waals surface area contributed by atoms with Gasteiger partial charge in [0, 0.05) is 6.04 Å². The van der Waals surface area contributed by atoms with E-state index < -0.39 is 11.6 Å². The highest BCUT2D eigenvalue weighted by Gasteiger charge is 2.55. The van der Waals surface area contributed by atoms with Gasteiger partial charge in [0.2, 0.25) is 5.91 Å². The van der Waals surface area contributed by atoms with Gasteiger partial charge in [0.05, 0.1) is 0 Å². The largest absolute Gasteiger partial charge is 0.352 e. The average molecular weight is 416 g/mol. The zero-order valence-corrected chi connectivity index (χ0v) is 18.5. The molecule has 1 spiro atoms. The monoisotopic (exact) mass is 415 g/mol. The fraction of sp³-hybridized carbons (Fsp3) is 0.875. The molecule has 0 radical (unpaired) electrons. The normalized spacial score (nSPS) is 43.2. The van der Waals surface area contributed by atoms with Gasteiger partial charge in [0.15, 0.2) is 0 Å². The molecule has 0 aromatic rings. The molecule has 166 valence electrons. The predicted molar refractivity (Wildman–Crippen MR) is 113 cm³/mol. The summed E-state index contributed by atoms with van der Waals surface area (Å²) in [6, 6.07) is -0.291. The third-order valence-electron chi connectivity index (χ3n) is 9.47. The quantitative estimate of drug-likeness (QED) is 0.674. The van der Waals surface area contributed by atoms with Gasteiger partial charge in [0.1, 0.15) is 12.1 Å². The zero-order valence-electron chi connectivity index (χ0n) is 18.5. The molecule has 6 fully saturated rings. The molecular weight excluding hydrogens is 378 g/mol. The Hall–Kier alpha value is -1.59. The molecular formula is C24H37N3O3. The van der Waals surface area contributed by atoms with Crippen LogP contribution in [0, 0.1) is 29.1 Å². The Morgan fingerprint density at radius 2 is 1.67 bits per heavy atom. The predicted octanol–water partition coefficient (Wildman–Crippen LogP) is 3.60. The van der Waals surface area contributed by atoms with Crippen LogP contribution in [0.4, 0.5) is 4.79 Å². The molecule has 1 atom stereocenters. The van der Waals surface area contributed by atoms with E-state index in [9.17, 15) is 14.4 Å². The van der Waals surface area contributed by atoms with Gasteiger partial charge in [-0.05, 0) is 100 Å². The second-order valence-electron chi connectivity index (χ2n) is 11.3. The molecule has 1 aliphatic heterocycles. The number of carbonyl (C=O) groups excluding carboxylic acids is 3. The fourth-order valence-corrected chi connectivity index (χ4v) is 8.03. The molecule has 0 unspecified atom stereocenters. The Labute approximate surface area is 179 Å². The second-order valence-corrected chi connectivity index (χ2v) is 11.3. The highest BCUT2D eigenvalue weighted by Crippen LogP contribution is 2.61. The number of hydrogen-bond acceptors (Lipinski definition) is 3. The van der Waals surface area contributed by atoms with Gasteiger partial charge < -0.3 is 10.6 Å². The first-order valence-corrected chi connectivity index (χ1v) is 12.3. The van der Waals surface area contributed by atoms with E-state index in [1.165, 1.54) is 38.5 Å². The highest BCUT2D eigenvalue weighted by molar-refractivity contribution is 6.09. The van der Waals surface area contributed by atoms with Gasteiger partial charge in [-0.3, -0.25) is 14.5 Å². The number of urea groups is 1. The smallest absolute Gasteiger partial charge is 0.325 e. The third-order valence-corrected chi connectivity index (χ3v) is 9.47. The summed E-state index contributed by atoms with van der Waals surface area (Å²) in [4.78, 5) is 39.7. The molecule has 5 aliphatic carbocycles. The Bertz CT molecular complexity index is 705. The molecule has 4 amide bonds. The van der Waals surface area contributed by atoms with Crippen molar-refractivity contribution in [2.75, 3.05) is 6.54 Å². The summed E-state index contributed by atoms with van der Waals surface area (Å²) >= 11 is 0. The molecule has 6 aliphatic rings. The van der Waals surface area contributed by atoms with E-state index >= 15 is 0 Å². The molecule has 6 heteroatoms. The van der Waals surface area contributed by atoms with Crippen LogP contribution >= 0.6 is 0 Å². The number of hydrogen-bond donors (Lipinski definition) is 2. The molecule has 0 aromatic heterocycles. The van der Waals surface area contributed by atoms with E-state index in [-0.39, 0.29) is 29.8 Å². The lowest BCUT2D eigenvalue weighted by Gasteiger charge is -2.59. The maximum atomic E-state index is 13.1. The van der Waals surface area contributed by atoms with Crippen LogP contribution in [0.15, 0.2) is 0 Å². The second kappa shape index (κ2) is 7.23. The lowest BCUT2D eigenvalue weighted by atomic mass is 9.48. The molecule has 6 rings (SSSR count). The van der Waals surface area contributed by atoms with Crippen molar-refractivity contribution in [1.82, 2.24) is 15.5 Å². The molecule has 5 saturated carbocycles. The molecule has 4 bridgehead atoms. The zero-order chi connectivity index (χ0) is 21.1. The maximum Gasteiger partial charge on any atom is 0.325 e. The van der Waals surface area contributed by atoms with E-state index in [2.05, 4.69) is 24.5 Å². The molecule has 30 heavy (non-hydrogen) atoms. The van der Waals surface area contributed by atoms with Crippen molar-refractivity contribution in [1.29, 1.82) is 0 Å². The molecule has 6 nitrogen and oxygen atoms in total. The number of rotatable bonds is 5. The molecule has 1 heterocycles. The number of nitrogens with one attached hydrogen (secondary N) is 2. The standard InChI is InChI=1S/C24H37N3O3/c1-3-16-4-6-24(7-5-16)21(29)27(22(30)26-24)14-20(28)25-15(2)23-11-17-8-18(12-23)10-19(9-17)13-23/h15-19H,3-14H2,1-2H3,(H,25,28)(H,26,30)/t15-,16?,17?,18?,19?,23?,24?/m0/s1. The van der Waals surface area contributed by atoms with Gasteiger partial charge in [-0.2, -0.15) is 0 Å². The van der Waals surface area contributed by atoms with Crippen LogP contribution in [0.5, 0.6) is 0 Å². The van der Waals surface area contributed by atoms with Crippen LogP contribution < -0.4 is 10.6 Å². The summed E-state index contributed by atoms with van der Waals surface area (Å²) in [5, 5.41) is 6.14. The first-order chi connectivity index (χ1) is 14.3. The van der Waals surface area contributed by atoms with Crippen LogP contribution in [-0.4, -0.2) is 40.9 Å². The van der Waals surface area contributed by atoms with Gasteiger partial charge in [-0.15, -0.1) is 0 Å². The summed E-state index contributed by atoms with van der Waals surface area (Å²) in [5.41, 5.74) is -0.546. The van der Waals surface area contributed by atoms with Crippen LogP contribution in [0.3, 0.4) is 0 Å².